The van der Waals surface area contributed by atoms with Gasteiger partial charge in [0.15, 0.2) is 0 Å². The second kappa shape index (κ2) is 4.30. The molecule has 0 saturated heterocycles. The van der Waals surface area contributed by atoms with Crippen LogP contribution in [-0.2, 0) is 9.53 Å². The maximum Gasteiger partial charge on any atom is 0.312 e. The highest BCUT2D eigenvalue weighted by atomic mass is 16.5. The van der Waals surface area contributed by atoms with E-state index in [1.165, 1.54) is 0 Å². The van der Waals surface area contributed by atoms with Crippen molar-refractivity contribution in [3.63, 3.8) is 0 Å². The maximum atomic E-state index is 11.6. The highest BCUT2D eigenvalue weighted by molar-refractivity contribution is 5.75. The minimum Gasteiger partial charge on any atom is -0.462 e. The zero-order chi connectivity index (χ0) is 10.8. The van der Waals surface area contributed by atoms with Crippen LogP contribution in [0, 0.1) is 5.92 Å². The summed E-state index contributed by atoms with van der Waals surface area (Å²) in [6, 6.07) is 0. The SMILES string of the molecule is CCC(C)OC(=O)C1CCC1(O)CC. The Morgan fingerprint density at radius 2 is 2.29 bits per heavy atom. The average Bonchev–Trinajstić information content (AvgIpc) is 2.14. The lowest BCUT2D eigenvalue weighted by molar-refractivity contribution is -0.178. The van der Waals surface area contributed by atoms with E-state index in [4.69, 9.17) is 4.74 Å². The van der Waals surface area contributed by atoms with Crippen molar-refractivity contribution in [3.05, 3.63) is 0 Å². The Morgan fingerprint density at radius 3 is 2.64 bits per heavy atom. The minimum atomic E-state index is -0.787. The molecule has 0 amide bonds. The molecule has 0 radical (unpaired) electrons. The first kappa shape index (κ1) is 11.5. The van der Waals surface area contributed by atoms with Crippen LogP contribution in [0.25, 0.3) is 0 Å². The van der Waals surface area contributed by atoms with Gasteiger partial charge in [0.05, 0.1) is 17.6 Å². The molecule has 1 aliphatic rings. The van der Waals surface area contributed by atoms with Gasteiger partial charge in [0.1, 0.15) is 0 Å². The average molecular weight is 200 g/mol. The van der Waals surface area contributed by atoms with E-state index in [0.717, 1.165) is 19.3 Å². The van der Waals surface area contributed by atoms with Gasteiger partial charge < -0.3 is 9.84 Å². The molecule has 0 aliphatic heterocycles. The van der Waals surface area contributed by atoms with Crippen molar-refractivity contribution in [1.82, 2.24) is 0 Å². The van der Waals surface area contributed by atoms with E-state index in [1.807, 2.05) is 20.8 Å². The van der Waals surface area contributed by atoms with Crippen molar-refractivity contribution < 1.29 is 14.6 Å². The first-order chi connectivity index (χ1) is 6.53. The lowest BCUT2D eigenvalue weighted by atomic mass is 9.68. The van der Waals surface area contributed by atoms with Gasteiger partial charge in [-0.05, 0) is 32.6 Å². The van der Waals surface area contributed by atoms with Crippen LogP contribution in [0.1, 0.15) is 46.5 Å². The molecular formula is C11H20O3. The summed E-state index contributed by atoms with van der Waals surface area (Å²) in [7, 11) is 0. The molecule has 0 aromatic rings. The summed E-state index contributed by atoms with van der Waals surface area (Å²) in [6.07, 6.45) is 2.91. The summed E-state index contributed by atoms with van der Waals surface area (Å²) in [4.78, 5) is 11.6. The molecule has 0 aromatic heterocycles. The quantitative estimate of drug-likeness (QED) is 0.705. The van der Waals surface area contributed by atoms with E-state index < -0.39 is 5.60 Å². The maximum absolute atomic E-state index is 11.6. The Labute approximate surface area is 85.5 Å². The lowest BCUT2D eigenvalue weighted by Crippen LogP contribution is -2.51. The largest absolute Gasteiger partial charge is 0.462 e. The third-order valence-electron chi connectivity index (χ3n) is 3.30. The van der Waals surface area contributed by atoms with Crippen LogP contribution in [0.4, 0.5) is 0 Å². The fourth-order valence-corrected chi connectivity index (χ4v) is 1.75. The van der Waals surface area contributed by atoms with E-state index in [-0.39, 0.29) is 18.0 Å². The summed E-state index contributed by atoms with van der Waals surface area (Å²) >= 11 is 0. The van der Waals surface area contributed by atoms with Gasteiger partial charge in [0, 0.05) is 0 Å². The molecular weight excluding hydrogens is 180 g/mol. The second-order valence-electron chi connectivity index (χ2n) is 4.20. The van der Waals surface area contributed by atoms with Gasteiger partial charge in [-0.3, -0.25) is 4.79 Å². The number of hydrogen-bond donors (Lipinski definition) is 1. The van der Waals surface area contributed by atoms with Gasteiger partial charge in [0.2, 0.25) is 0 Å². The molecule has 0 aromatic carbocycles. The highest BCUT2D eigenvalue weighted by Gasteiger charge is 2.49. The van der Waals surface area contributed by atoms with Gasteiger partial charge in [-0.15, -0.1) is 0 Å². The molecule has 82 valence electrons. The van der Waals surface area contributed by atoms with Crippen molar-refractivity contribution in [1.29, 1.82) is 0 Å². The fraction of sp³-hybridized carbons (Fsp3) is 0.909. The number of hydrogen-bond acceptors (Lipinski definition) is 3. The minimum absolute atomic E-state index is 0.0378. The Kier molecular flexibility index (Phi) is 3.53. The van der Waals surface area contributed by atoms with E-state index in [0.29, 0.717) is 6.42 Å². The molecule has 1 N–H and O–H groups in total. The van der Waals surface area contributed by atoms with Crippen LogP contribution in [-0.4, -0.2) is 22.8 Å². The van der Waals surface area contributed by atoms with Crippen LogP contribution in [0.15, 0.2) is 0 Å². The molecule has 0 spiro atoms. The topological polar surface area (TPSA) is 46.5 Å². The van der Waals surface area contributed by atoms with Crippen molar-refractivity contribution in [2.24, 2.45) is 5.92 Å². The van der Waals surface area contributed by atoms with Crippen LogP contribution in [0.2, 0.25) is 0 Å². The van der Waals surface area contributed by atoms with Crippen LogP contribution in [0.5, 0.6) is 0 Å². The number of carbonyl (C=O) groups is 1. The molecule has 0 heterocycles. The van der Waals surface area contributed by atoms with Crippen LogP contribution in [0.3, 0.4) is 0 Å². The molecule has 1 saturated carbocycles. The van der Waals surface area contributed by atoms with Crippen LogP contribution < -0.4 is 0 Å². The Morgan fingerprint density at radius 1 is 1.64 bits per heavy atom. The molecule has 14 heavy (non-hydrogen) atoms. The van der Waals surface area contributed by atoms with E-state index in [1.54, 1.807) is 0 Å². The first-order valence-electron chi connectivity index (χ1n) is 5.46. The summed E-state index contributed by atoms with van der Waals surface area (Å²) in [5, 5.41) is 9.93. The predicted molar refractivity (Wildman–Crippen MR) is 53.8 cm³/mol. The van der Waals surface area contributed by atoms with Crippen molar-refractivity contribution in [2.45, 2.75) is 58.2 Å². The Balaban J connectivity index is 2.46. The van der Waals surface area contributed by atoms with Crippen molar-refractivity contribution in [2.75, 3.05) is 0 Å². The summed E-state index contributed by atoms with van der Waals surface area (Å²) in [5.41, 5.74) is -0.787. The van der Waals surface area contributed by atoms with Crippen molar-refractivity contribution >= 4 is 5.97 Å². The van der Waals surface area contributed by atoms with Gasteiger partial charge >= 0.3 is 5.97 Å². The monoisotopic (exact) mass is 200 g/mol. The number of ether oxygens (including phenoxy) is 1. The molecule has 0 bridgehead atoms. The van der Waals surface area contributed by atoms with Gasteiger partial charge in [-0.1, -0.05) is 13.8 Å². The van der Waals surface area contributed by atoms with E-state index >= 15 is 0 Å². The Bertz CT molecular complexity index is 211. The van der Waals surface area contributed by atoms with Crippen molar-refractivity contribution in [3.8, 4) is 0 Å². The molecule has 3 heteroatoms. The molecule has 3 atom stereocenters. The number of esters is 1. The smallest absolute Gasteiger partial charge is 0.312 e. The third kappa shape index (κ3) is 2.08. The Hall–Kier alpha value is -0.570. The molecule has 1 rings (SSSR count). The van der Waals surface area contributed by atoms with Gasteiger partial charge in [-0.2, -0.15) is 0 Å². The number of aliphatic hydroxyl groups is 1. The number of rotatable bonds is 4. The van der Waals surface area contributed by atoms with Gasteiger partial charge in [0.25, 0.3) is 0 Å². The molecule has 1 aliphatic carbocycles. The summed E-state index contributed by atoms with van der Waals surface area (Å²) in [5.74, 6) is -0.517. The zero-order valence-corrected chi connectivity index (χ0v) is 9.25. The predicted octanol–water partition coefficient (Wildman–Crippen LogP) is 1.88. The second-order valence-corrected chi connectivity index (χ2v) is 4.20. The molecule has 3 nitrogen and oxygen atoms in total. The third-order valence-corrected chi connectivity index (χ3v) is 3.30. The first-order valence-corrected chi connectivity index (χ1v) is 5.46. The fourth-order valence-electron chi connectivity index (χ4n) is 1.75. The normalized spacial score (nSPS) is 33.3. The standard InChI is InChI=1S/C11H20O3/c1-4-8(3)14-10(12)9-6-7-11(9,13)5-2/h8-9,13H,4-7H2,1-3H3. The van der Waals surface area contributed by atoms with Gasteiger partial charge in [-0.25, -0.2) is 0 Å². The zero-order valence-electron chi connectivity index (χ0n) is 9.25. The van der Waals surface area contributed by atoms with E-state index in [2.05, 4.69) is 0 Å². The molecule has 1 fully saturated rings. The van der Waals surface area contributed by atoms with Crippen LogP contribution >= 0.6 is 0 Å². The van der Waals surface area contributed by atoms with E-state index in [9.17, 15) is 9.90 Å². The highest BCUT2D eigenvalue weighted by Crippen LogP contribution is 2.41. The molecule has 3 unspecified atom stereocenters. The lowest BCUT2D eigenvalue weighted by Gasteiger charge is -2.43. The summed E-state index contributed by atoms with van der Waals surface area (Å²) < 4.78 is 5.20. The summed E-state index contributed by atoms with van der Waals surface area (Å²) in [6.45, 7) is 5.76. The number of carbonyl (C=O) groups excluding carboxylic acids is 1.